The van der Waals surface area contributed by atoms with Crippen molar-refractivity contribution in [2.45, 2.75) is 56.1 Å². The fourth-order valence-corrected chi connectivity index (χ4v) is 5.78. The van der Waals surface area contributed by atoms with Crippen molar-refractivity contribution in [1.82, 2.24) is 14.5 Å². The van der Waals surface area contributed by atoms with Crippen molar-refractivity contribution >= 4 is 15.7 Å². The lowest BCUT2D eigenvalue weighted by molar-refractivity contribution is -0.191. The minimum atomic E-state index is -4.43. The number of fused-ring (bicyclic) bond motifs is 3. The highest BCUT2D eigenvalue weighted by Crippen LogP contribution is 2.39. The van der Waals surface area contributed by atoms with Gasteiger partial charge in [-0.1, -0.05) is 6.07 Å². The van der Waals surface area contributed by atoms with Crippen LogP contribution in [0.15, 0.2) is 17.2 Å². The highest BCUT2D eigenvalue weighted by molar-refractivity contribution is 7.89. The van der Waals surface area contributed by atoms with E-state index in [2.05, 4.69) is 21.2 Å². The molecule has 0 bridgehead atoms. The standard InChI is InChI=1S/C20H23F3N4O3S/c21-20(22,23)14-9-27-19(30-10-14)17(8-25-27)31(28,29)26-11-24-18-15-5-1-3-12(15)7-13-4-2-6-16(13)18/h7-8,14,24,26H,1-6,9-11H2. The number of aryl methyl sites for hydroxylation is 2. The largest absolute Gasteiger partial charge is 0.476 e. The maximum atomic E-state index is 12.9. The van der Waals surface area contributed by atoms with Gasteiger partial charge in [0, 0.05) is 5.69 Å². The van der Waals surface area contributed by atoms with Gasteiger partial charge in [0.1, 0.15) is 12.5 Å². The molecule has 0 saturated carbocycles. The molecule has 2 heterocycles. The van der Waals surface area contributed by atoms with Crippen LogP contribution in [0.5, 0.6) is 5.88 Å². The maximum absolute atomic E-state index is 12.9. The fraction of sp³-hybridized carbons (Fsp3) is 0.550. The molecule has 2 aliphatic carbocycles. The Morgan fingerprint density at radius 2 is 1.81 bits per heavy atom. The minimum Gasteiger partial charge on any atom is -0.476 e. The number of anilines is 1. The van der Waals surface area contributed by atoms with Crippen molar-refractivity contribution in [3.8, 4) is 5.88 Å². The Kier molecular flexibility index (Phi) is 4.93. The number of halogens is 3. The number of ether oxygens (including phenoxy) is 1. The number of benzene rings is 1. The Labute approximate surface area is 178 Å². The lowest BCUT2D eigenvalue weighted by Crippen LogP contribution is -2.37. The van der Waals surface area contributed by atoms with Crippen molar-refractivity contribution in [2.75, 3.05) is 18.6 Å². The molecule has 11 heteroatoms. The van der Waals surface area contributed by atoms with Gasteiger partial charge in [-0.2, -0.15) is 23.0 Å². The molecule has 31 heavy (non-hydrogen) atoms. The van der Waals surface area contributed by atoms with Crippen LogP contribution in [0.3, 0.4) is 0 Å². The first-order chi connectivity index (χ1) is 14.7. The summed E-state index contributed by atoms with van der Waals surface area (Å²) in [6.45, 7) is -1.12. The molecule has 1 atom stereocenters. The normalized spacial score (nSPS) is 20.2. The second-order valence-corrected chi connectivity index (χ2v) is 10.0. The van der Waals surface area contributed by atoms with Gasteiger partial charge in [0.25, 0.3) is 0 Å². The van der Waals surface area contributed by atoms with Crippen LogP contribution in [0.4, 0.5) is 18.9 Å². The molecule has 1 aromatic carbocycles. The molecule has 2 aromatic rings. The average molecular weight is 456 g/mol. The van der Waals surface area contributed by atoms with Crippen LogP contribution in [-0.4, -0.2) is 37.7 Å². The van der Waals surface area contributed by atoms with Gasteiger partial charge in [-0.3, -0.25) is 0 Å². The molecule has 1 unspecified atom stereocenters. The van der Waals surface area contributed by atoms with Crippen molar-refractivity contribution in [3.05, 3.63) is 34.5 Å². The van der Waals surface area contributed by atoms with Gasteiger partial charge in [0.05, 0.1) is 19.4 Å². The molecule has 0 spiro atoms. The first-order valence-electron chi connectivity index (χ1n) is 10.4. The number of hydrogen-bond acceptors (Lipinski definition) is 5. The van der Waals surface area contributed by atoms with Gasteiger partial charge in [0.15, 0.2) is 4.90 Å². The number of aromatic nitrogens is 2. The van der Waals surface area contributed by atoms with Gasteiger partial charge in [-0.05, 0) is 60.8 Å². The van der Waals surface area contributed by atoms with Gasteiger partial charge in [-0.15, -0.1) is 0 Å². The second-order valence-electron chi connectivity index (χ2n) is 8.28. The summed E-state index contributed by atoms with van der Waals surface area (Å²) in [6, 6.07) is 2.30. The summed E-state index contributed by atoms with van der Waals surface area (Å²) in [7, 11) is -4.01. The van der Waals surface area contributed by atoms with E-state index in [1.807, 2.05) is 0 Å². The van der Waals surface area contributed by atoms with Crippen LogP contribution in [0.25, 0.3) is 0 Å². The molecule has 0 saturated heterocycles. The summed E-state index contributed by atoms with van der Waals surface area (Å²) in [6.07, 6.45) is 2.83. The van der Waals surface area contributed by atoms with E-state index in [1.54, 1.807) is 0 Å². The predicted octanol–water partition coefficient (Wildman–Crippen LogP) is 2.78. The molecule has 5 rings (SSSR count). The highest BCUT2D eigenvalue weighted by atomic mass is 32.2. The zero-order chi connectivity index (χ0) is 21.8. The van der Waals surface area contributed by atoms with E-state index in [0.717, 1.165) is 55.1 Å². The quantitative estimate of drug-likeness (QED) is 0.676. The van der Waals surface area contributed by atoms with Crippen LogP contribution >= 0.6 is 0 Å². The third-order valence-corrected chi connectivity index (χ3v) is 7.71. The fourth-order valence-electron chi connectivity index (χ4n) is 4.78. The van der Waals surface area contributed by atoms with Crippen LogP contribution in [0.1, 0.15) is 35.1 Å². The monoisotopic (exact) mass is 456 g/mol. The number of sulfonamides is 1. The molecule has 168 valence electrons. The number of nitrogens with zero attached hydrogens (tertiary/aromatic N) is 2. The molecule has 0 amide bonds. The Hall–Kier alpha value is -2.27. The molecule has 2 N–H and O–H groups in total. The van der Waals surface area contributed by atoms with E-state index >= 15 is 0 Å². The summed E-state index contributed by atoms with van der Waals surface area (Å²) in [5.74, 6) is -1.87. The average Bonchev–Trinajstić information content (AvgIpc) is 3.44. The molecule has 3 aliphatic rings. The molecule has 7 nitrogen and oxygen atoms in total. The van der Waals surface area contributed by atoms with E-state index in [4.69, 9.17) is 4.74 Å². The van der Waals surface area contributed by atoms with E-state index in [9.17, 15) is 21.6 Å². The molecular formula is C20H23F3N4O3S. The molecule has 0 fully saturated rings. The summed E-state index contributed by atoms with van der Waals surface area (Å²) in [4.78, 5) is -0.251. The van der Waals surface area contributed by atoms with E-state index in [0.29, 0.717) is 0 Å². The highest BCUT2D eigenvalue weighted by Gasteiger charge is 2.44. The van der Waals surface area contributed by atoms with Crippen LogP contribution in [0, 0.1) is 5.92 Å². The van der Waals surface area contributed by atoms with Crippen molar-refractivity contribution in [1.29, 1.82) is 0 Å². The van der Waals surface area contributed by atoms with Crippen molar-refractivity contribution < 1.29 is 26.3 Å². The minimum absolute atomic E-state index is 0.0268. The zero-order valence-corrected chi connectivity index (χ0v) is 17.6. The lowest BCUT2D eigenvalue weighted by atomic mass is 9.99. The summed E-state index contributed by atoms with van der Waals surface area (Å²) in [5, 5.41) is 7.06. The van der Waals surface area contributed by atoms with Gasteiger partial charge in [0.2, 0.25) is 15.9 Å². The number of nitrogens with one attached hydrogen (secondary N) is 2. The summed E-state index contributed by atoms with van der Waals surface area (Å²) in [5.41, 5.74) is 6.24. The SMILES string of the molecule is O=S(=O)(NCNc1c2c(cc3c1CCC3)CCC2)c1cnn2c1OCC(C(F)(F)F)C2. The second kappa shape index (κ2) is 7.40. The zero-order valence-electron chi connectivity index (χ0n) is 16.8. The van der Waals surface area contributed by atoms with Crippen molar-refractivity contribution in [3.63, 3.8) is 0 Å². The van der Waals surface area contributed by atoms with E-state index in [1.165, 1.54) is 22.3 Å². The van der Waals surface area contributed by atoms with E-state index < -0.39 is 35.3 Å². The predicted molar refractivity (Wildman–Crippen MR) is 107 cm³/mol. The molecule has 1 aromatic heterocycles. The van der Waals surface area contributed by atoms with Gasteiger partial charge in [-0.25, -0.2) is 13.1 Å². The van der Waals surface area contributed by atoms with Crippen molar-refractivity contribution in [2.24, 2.45) is 5.92 Å². The third kappa shape index (κ3) is 3.67. The summed E-state index contributed by atoms with van der Waals surface area (Å²) < 4.78 is 73.0. The Morgan fingerprint density at radius 3 is 2.45 bits per heavy atom. The molecular weight excluding hydrogens is 433 g/mol. The lowest BCUT2D eigenvalue weighted by Gasteiger charge is -2.26. The molecule has 0 radical (unpaired) electrons. The number of rotatable bonds is 5. The van der Waals surface area contributed by atoms with Crippen LogP contribution in [-0.2, 0) is 42.3 Å². The first kappa shape index (κ1) is 20.6. The Balaban J connectivity index is 1.31. The first-order valence-corrected chi connectivity index (χ1v) is 11.9. The van der Waals surface area contributed by atoms with E-state index in [-0.39, 0.29) is 17.4 Å². The smallest absolute Gasteiger partial charge is 0.396 e. The summed E-state index contributed by atoms with van der Waals surface area (Å²) >= 11 is 0. The van der Waals surface area contributed by atoms with Gasteiger partial charge < -0.3 is 10.1 Å². The molecule has 1 aliphatic heterocycles. The van der Waals surface area contributed by atoms with Gasteiger partial charge >= 0.3 is 6.18 Å². The van der Waals surface area contributed by atoms with Crippen LogP contribution in [0.2, 0.25) is 0 Å². The number of alkyl halides is 3. The third-order valence-electron chi connectivity index (χ3n) is 6.33. The Morgan fingerprint density at radius 1 is 1.13 bits per heavy atom. The maximum Gasteiger partial charge on any atom is 0.396 e. The van der Waals surface area contributed by atoms with Crippen LogP contribution < -0.4 is 14.8 Å². The topological polar surface area (TPSA) is 85.3 Å². The Bertz CT molecular complexity index is 1100. The number of hydrogen-bond donors (Lipinski definition) is 2.